The van der Waals surface area contributed by atoms with Crippen LogP contribution >= 0.6 is 0 Å². The Balaban J connectivity index is 2.17. The van der Waals surface area contributed by atoms with E-state index in [1.165, 1.54) is 6.07 Å². The van der Waals surface area contributed by atoms with Crippen molar-refractivity contribution in [1.29, 1.82) is 0 Å². The highest BCUT2D eigenvalue weighted by Crippen LogP contribution is 2.38. The normalized spacial score (nSPS) is 11.3. The summed E-state index contributed by atoms with van der Waals surface area (Å²) in [6.07, 6.45) is 3.71. The van der Waals surface area contributed by atoms with Crippen molar-refractivity contribution in [1.82, 2.24) is 25.1 Å². The highest BCUT2D eigenvalue weighted by atomic mass is 16.3. The maximum absolute atomic E-state index is 13.0. The summed E-state index contributed by atoms with van der Waals surface area (Å²) < 4.78 is 1.59. The Hall–Kier alpha value is -3.62. The second-order valence-electron chi connectivity index (χ2n) is 9.26. The molecule has 0 aliphatic heterocycles. The molecule has 3 aromatic rings. The lowest BCUT2D eigenvalue weighted by atomic mass is 9.98. The standard InChI is InChI=1S/C26H36N6O3/c1-7-11-31(12-8-2)23-10-9-18(15-27-23)32-24(29-30-25(32)26(35)28-17(5)6)20-13-19(16(3)4)21(33)14-22(20)34/h9-10,13-17,33-34H,7-8,11-12H2,1-6H3,(H,28,35). The van der Waals surface area contributed by atoms with Crippen molar-refractivity contribution in [3.05, 3.63) is 41.9 Å². The number of nitrogens with one attached hydrogen (secondary N) is 1. The zero-order valence-corrected chi connectivity index (χ0v) is 21.4. The molecule has 9 nitrogen and oxygen atoms in total. The van der Waals surface area contributed by atoms with Crippen molar-refractivity contribution < 1.29 is 15.0 Å². The van der Waals surface area contributed by atoms with Crippen molar-refractivity contribution in [3.63, 3.8) is 0 Å². The predicted octanol–water partition coefficient (Wildman–Crippen LogP) is 4.63. The van der Waals surface area contributed by atoms with E-state index in [2.05, 4.69) is 39.2 Å². The largest absolute Gasteiger partial charge is 0.508 e. The van der Waals surface area contributed by atoms with Gasteiger partial charge in [0, 0.05) is 25.2 Å². The molecular weight excluding hydrogens is 444 g/mol. The van der Waals surface area contributed by atoms with Crippen LogP contribution in [0.5, 0.6) is 11.5 Å². The molecule has 9 heteroatoms. The van der Waals surface area contributed by atoms with Crippen LogP contribution in [0.1, 0.15) is 76.5 Å². The quantitative estimate of drug-likeness (QED) is 0.387. The van der Waals surface area contributed by atoms with Crippen LogP contribution in [0.2, 0.25) is 0 Å². The van der Waals surface area contributed by atoms with E-state index in [1.54, 1.807) is 16.8 Å². The molecule has 0 atom stereocenters. The lowest BCUT2D eigenvalue weighted by Crippen LogP contribution is -2.32. The minimum atomic E-state index is -0.385. The molecule has 2 heterocycles. The van der Waals surface area contributed by atoms with E-state index in [0.717, 1.165) is 31.7 Å². The average molecular weight is 481 g/mol. The summed E-state index contributed by atoms with van der Waals surface area (Å²) in [5, 5.41) is 32.3. The zero-order chi connectivity index (χ0) is 25.7. The number of anilines is 1. The highest BCUT2D eigenvalue weighted by Gasteiger charge is 2.25. The SMILES string of the molecule is CCCN(CCC)c1ccc(-n2c(C(=O)NC(C)C)nnc2-c2cc(C(C)C)c(O)cc2O)cn1. The summed E-state index contributed by atoms with van der Waals surface area (Å²) in [7, 11) is 0. The van der Waals surface area contributed by atoms with Crippen LogP contribution in [-0.4, -0.2) is 55.0 Å². The van der Waals surface area contributed by atoms with Crippen molar-refractivity contribution in [2.24, 2.45) is 0 Å². The second-order valence-corrected chi connectivity index (χ2v) is 9.26. The van der Waals surface area contributed by atoms with Crippen molar-refractivity contribution in [2.45, 2.75) is 66.3 Å². The number of nitrogens with zero attached hydrogens (tertiary/aromatic N) is 5. The minimum Gasteiger partial charge on any atom is -0.508 e. The van der Waals surface area contributed by atoms with E-state index in [0.29, 0.717) is 16.8 Å². The van der Waals surface area contributed by atoms with Gasteiger partial charge in [0.25, 0.3) is 5.91 Å². The fraction of sp³-hybridized carbons (Fsp3) is 0.462. The number of rotatable bonds is 10. The smallest absolute Gasteiger partial charge is 0.289 e. The summed E-state index contributed by atoms with van der Waals surface area (Å²) in [6.45, 7) is 13.7. The second kappa shape index (κ2) is 11.2. The number of amides is 1. The van der Waals surface area contributed by atoms with Gasteiger partial charge in [0.2, 0.25) is 5.82 Å². The molecular formula is C26H36N6O3. The number of hydrogen-bond acceptors (Lipinski definition) is 7. The third-order valence-electron chi connectivity index (χ3n) is 5.60. The molecule has 3 N–H and O–H groups in total. The van der Waals surface area contributed by atoms with Gasteiger partial charge in [0.05, 0.1) is 17.4 Å². The third kappa shape index (κ3) is 5.72. The molecule has 0 aliphatic rings. The molecule has 0 saturated carbocycles. The van der Waals surface area contributed by atoms with Crippen LogP contribution in [0.4, 0.5) is 5.82 Å². The van der Waals surface area contributed by atoms with E-state index in [-0.39, 0.29) is 41.0 Å². The first kappa shape index (κ1) is 26.0. The maximum Gasteiger partial charge on any atom is 0.289 e. The first-order chi connectivity index (χ1) is 16.7. The Bertz CT molecular complexity index is 1150. The average Bonchev–Trinajstić information content (AvgIpc) is 3.23. The van der Waals surface area contributed by atoms with Gasteiger partial charge in [-0.15, -0.1) is 10.2 Å². The molecule has 1 aromatic carbocycles. The van der Waals surface area contributed by atoms with E-state index >= 15 is 0 Å². The van der Waals surface area contributed by atoms with Gasteiger partial charge in [-0.3, -0.25) is 9.36 Å². The molecule has 3 rings (SSSR count). The Morgan fingerprint density at radius 2 is 1.71 bits per heavy atom. The summed E-state index contributed by atoms with van der Waals surface area (Å²) in [5.41, 5.74) is 1.61. The fourth-order valence-corrected chi connectivity index (χ4v) is 3.99. The monoisotopic (exact) mass is 480 g/mol. The number of aromatic hydroxyl groups is 2. The van der Waals surface area contributed by atoms with Crippen LogP contribution in [0, 0.1) is 0 Å². The lowest BCUT2D eigenvalue weighted by Gasteiger charge is -2.23. The van der Waals surface area contributed by atoms with Crippen LogP contribution in [0.25, 0.3) is 17.1 Å². The van der Waals surface area contributed by atoms with Crippen LogP contribution in [-0.2, 0) is 0 Å². The van der Waals surface area contributed by atoms with Gasteiger partial charge < -0.3 is 20.4 Å². The van der Waals surface area contributed by atoms with Gasteiger partial charge in [-0.05, 0) is 56.4 Å². The number of carbonyl (C=O) groups is 1. The van der Waals surface area contributed by atoms with Gasteiger partial charge in [-0.2, -0.15) is 0 Å². The lowest BCUT2D eigenvalue weighted by molar-refractivity contribution is 0.0930. The van der Waals surface area contributed by atoms with E-state index in [4.69, 9.17) is 0 Å². The summed E-state index contributed by atoms with van der Waals surface area (Å²) in [4.78, 5) is 19.9. The van der Waals surface area contributed by atoms with Crippen molar-refractivity contribution in [3.8, 4) is 28.6 Å². The molecule has 188 valence electrons. The summed E-state index contributed by atoms with van der Waals surface area (Å²) in [6, 6.07) is 6.69. The predicted molar refractivity (Wildman–Crippen MR) is 137 cm³/mol. The number of phenols is 2. The highest BCUT2D eigenvalue weighted by molar-refractivity contribution is 5.92. The molecule has 0 bridgehead atoms. The number of phenolic OH excluding ortho intramolecular Hbond substituents is 2. The first-order valence-corrected chi connectivity index (χ1v) is 12.2. The first-order valence-electron chi connectivity index (χ1n) is 12.2. The van der Waals surface area contributed by atoms with Crippen LogP contribution in [0.3, 0.4) is 0 Å². The van der Waals surface area contributed by atoms with E-state index < -0.39 is 0 Å². The maximum atomic E-state index is 13.0. The van der Waals surface area contributed by atoms with E-state index in [1.807, 2.05) is 39.8 Å². The number of aromatic nitrogens is 4. The molecule has 0 radical (unpaired) electrons. The van der Waals surface area contributed by atoms with Gasteiger partial charge in [-0.1, -0.05) is 27.7 Å². The Kier molecular flexibility index (Phi) is 8.32. The minimum absolute atomic E-state index is 0.00282. The summed E-state index contributed by atoms with van der Waals surface area (Å²) >= 11 is 0. The van der Waals surface area contributed by atoms with Crippen molar-refractivity contribution in [2.75, 3.05) is 18.0 Å². The van der Waals surface area contributed by atoms with Gasteiger partial charge >= 0.3 is 0 Å². The van der Waals surface area contributed by atoms with Gasteiger partial charge in [-0.25, -0.2) is 4.98 Å². The molecule has 0 fully saturated rings. The molecule has 2 aromatic heterocycles. The number of benzene rings is 1. The zero-order valence-electron chi connectivity index (χ0n) is 21.4. The Labute approximate surface area is 206 Å². The third-order valence-corrected chi connectivity index (χ3v) is 5.60. The van der Waals surface area contributed by atoms with Crippen LogP contribution < -0.4 is 10.2 Å². The van der Waals surface area contributed by atoms with Crippen LogP contribution in [0.15, 0.2) is 30.5 Å². The number of carbonyl (C=O) groups excluding carboxylic acids is 1. The Morgan fingerprint density at radius 3 is 2.26 bits per heavy atom. The topological polar surface area (TPSA) is 116 Å². The molecule has 0 spiro atoms. The number of hydrogen-bond donors (Lipinski definition) is 3. The summed E-state index contributed by atoms with van der Waals surface area (Å²) in [5.74, 6) is 0.700. The molecule has 1 amide bonds. The van der Waals surface area contributed by atoms with Crippen molar-refractivity contribution >= 4 is 11.7 Å². The molecule has 35 heavy (non-hydrogen) atoms. The van der Waals surface area contributed by atoms with E-state index in [9.17, 15) is 15.0 Å². The molecule has 0 saturated heterocycles. The molecule has 0 unspecified atom stereocenters. The van der Waals surface area contributed by atoms with Gasteiger partial charge in [0.15, 0.2) is 5.82 Å². The van der Waals surface area contributed by atoms with Gasteiger partial charge in [0.1, 0.15) is 17.3 Å². The molecule has 0 aliphatic carbocycles. The fourth-order valence-electron chi connectivity index (χ4n) is 3.99. The Morgan fingerprint density at radius 1 is 1.03 bits per heavy atom. The number of pyridine rings is 1.